The molecule has 0 unspecified atom stereocenters. The van der Waals surface area contributed by atoms with E-state index in [1.54, 1.807) is 13.2 Å². The fourth-order valence-corrected chi connectivity index (χ4v) is 5.31. The Hall–Kier alpha value is -2.28. The first-order chi connectivity index (χ1) is 14.5. The molecule has 3 fully saturated rings. The number of ether oxygens (including phenoxy) is 1. The van der Waals surface area contributed by atoms with E-state index in [-0.39, 0.29) is 17.6 Å². The lowest BCUT2D eigenvalue weighted by atomic mass is 9.83. The van der Waals surface area contributed by atoms with Crippen LogP contribution in [0.15, 0.2) is 18.2 Å². The lowest BCUT2D eigenvalue weighted by molar-refractivity contribution is -0.141. The molecule has 3 aliphatic rings. The predicted molar refractivity (Wildman–Crippen MR) is 113 cm³/mol. The molecule has 0 radical (unpaired) electrons. The molecular formula is C23H33N3O4. The van der Waals surface area contributed by atoms with E-state index in [0.29, 0.717) is 30.6 Å². The fourth-order valence-electron chi connectivity index (χ4n) is 5.31. The van der Waals surface area contributed by atoms with Crippen LogP contribution < -0.4 is 4.74 Å². The van der Waals surface area contributed by atoms with Gasteiger partial charge in [0.15, 0.2) is 11.5 Å². The van der Waals surface area contributed by atoms with Crippen molar-refractivity contribution in [2.24, 2.45) is 5.92 Å². The molecule has 3 aliphatic heterocycles. The lowest BCUT2D eigenvalue weighted by Crippen LogP contribution is -2.56. The Morgan fingerprint density at radius 1 is 1.10 bits per heavy atom. The number of nitrogens with zero attached hydrogens (tertiary/aromatic N) is 3. The van der Waals surface area contributed by atoms with Crippen molar-refractivity contribution in [1.82, 2.24) is 14.7 Å². The van der Waals surface area contributed by atoms with Gasteiger partial charge in [-0.25, -0.2) is 0 Å². The average molecular weight is 416 g/mol. The molecule has 1 aromatic rings. The Balaban J connectivity index is 1.32. The molecule has 1 N–H and O–H groups in total. The van der Waals surface area contributed by atoms with Gasteiger partial charge in [0, 0.05) is 58.2 Å². The summed E-state index contributed by atoms with van der Waals surface area (Å²) >= 11 is 0. The van der Waals surface area contributed by atoms with E-state index in [0.717, 1.165) is 70.5 Å². The third-order valence-electron chi connectivity index (χ3n) is 6.88. The number of benzene rings is 1. The Morgan fingerprint density at radius 2 is 1.97 bits per heavy atom. The van der Waals surface area contributed by atoms with Crippen molar-refractivity contribution in [2.75, 3.05) is 39.8 Å². The van der Waals surface area contributed by atoms with Crippen molar-refractivity contribution in [3.05, 3.63) is 23.8 Å². The first-order valence-corrected chi connectivity index (χ1v) is 11.2. The topological polar surface area (TPSA) is 73.3 Å². The van der Waals surface area contributed by atoms with Gasteiger partial charge >= 0.3 is 0 Å². The number of hydrogen-bond acceptors (Lipinski definition) is 5. The van der Waals surface area contributed by atoms with Crippen molar-refractivity contribution in [2.45, 2.75) is 51.1 Å². The number of methoxy groups -OCH3 is 1. The predicted octanol–water partition coefficient (Wildman–Crippen LogP) is 2.23. The summed E-state index contributed by atoms with van der Waals surface area (Å²) in [6.45, 7) is 5.18. The highest BCUT2D eigenvalue weighted by molar-refractivity contribution is 5.78. The molecular weight excluding hydrogens is 382 g/mol. The summed E-state index contributed by atoms with van der Waals surface area (Å²) in [5.41, 5.74) is 1.13. The minimum Gasteiger partial charge on any atom is -0.504 e. The number of fused-ring (bicyclic) bond motifs is 1. The van der Waals surface area contributed by atoms with Crippen molar-refractivity contribution >= 4 is 11.8 Å². The number of phenols is 1. The van der Waals surface area contributed by atoms with Crippen LogP contribution in [0.1, 0.15) is 44.1 Å². The van der Waals surface area contributed by atoms with Crippen LogP contribution in [0.5, 0.6) is 11.5 Å². The highest BCUT2D eigenvalue weighted by Crippen LogP contribution is 2.33. The number of aromatic hydroxyl groups is 1. The smallest absolute Gasteiger partial charge is 0.222 e. The number of piperidine rings is 2. The third-order valence-corrected chi connectivity index (χ3v) is 6.88. The van der Waals surface area contributed by atoms with Gasteiger partial charge in [0.2, 0.25) is 11.8 Å². The second-order valence-electron chi connectivity index (χ2n) is 8.82. The molecule has 3 saturated heterocycles. The molecule has 2 amide bonds. The van der Waals surface area contributed by atoms with Crippen molar-refractivity contribution in [1.29, 1.82) is 0 Å². The summed E-state index contributed by atoms with van der Waals surface area (Å²) in [7, 11) is 1.57. The minimum atomic E-state index is 0.164. The number of rotatable bonds is 7. The van der Waals surface area contributed by atoms with Gasteiger partial charge in [-0.05, 0) is 49.3 Å². The van der Waals surface area contributed by atoms with Crippen LogP contribution in [0.2, 0.25) is 0 Å². The molecule has 0 bridgehead atoms. The third kappa shape index (κ3) is 4.56. The SMILES string of the molecule is COc1cc(CN2CC[C@H]3[C@H](CCC(=O)N3CCCN3CCCC3=O)C2)ccc1O. The van der Waals surface area contributed by atoms with Crippen LogP contribution in [0.4, 0.5) is 0 Å². The number of hydrogen-bond donors (Lipinski definition) is 1. The maximum Gasteiger partial charge on any atom is 0.222 e. The van der Waals surface area contributed by atoms with Crippen LogP contribution >= 0.6 is 0 Å². The normalized spacial score (nSPS) is 25.0. The Labute approximate surface area is 178 Å². The summed E-state index contributed by atoms with van der Waals surface area (Å²) in [4.78, 5) is 30.9. The van der Waals surface area contributed by atoms with Gasteiger partial charge in [-0.15, -0.1) is 0 Å². The Morgan fingerprint density at radius 3 is 2.73 bits per heavy atom. The van der Waals surface area contributed by atoms with Crippen LogP contribution in [0, 0.1) is 5.92 Å². The molecule has 0 spiro atoms. The molecule has 3 heterocycles. The molecule has 0 aliphatic carbocycles. The second-order valence-corrected chi connectivity index (χ2v) is 8.82. The molecule has 0 saturated carbocycles. The van der Waals surface area contributed by atoms with Crippen LogP contribution in [-0.4, -0.2) is 77.5 Å². The monoisotopic (exact) mass is 415 g/mol. The van der Waals surface area contributed by atoms with E-state index < -0.39 is 0 Å². The lowest BCUT2D eigenvalue weighted by Gasteiger charge is -2.47. The molecule has 7 nitrogen and oxygen atoms in total. The van der Waals surface area contributed by atoms with Crippen molar-refractivity contribution in [3.63, 3.8) is 0 Å². The van der Waals surface area contributed by atoms with Gasteiger partial charge in [0.05, 0.1) is 7.11 Å². The molecule has 7 heteroatoms. The van der Waals surface area contributed by atoms with E-state index >= 15 is 0 Å². The van der Waals surface area contributed by atoms with E-state index in [9.17, 15) is 14.7 Å². The standard InChI is InChI=1S/C23H33N3O4/c1-30-21-14-17(5-7-20(21)27)15-24-13-9-19-18(16-24)6-8-23(29)26(19)12-3-11-25-10-2-4-22(25)28/h5,7,14,18-19,27H,2-4,6,8-13,15-16H2,1H3/t18-,19+/m1/s1. The van der Waals surface area contributed by atoms with Crippen LogP contribution in [0.3, 0.4) is 0 Å². The number of carbonyl (C=O) groups is 2. The summed E-state index contributed by atoms with van der Waals surface area (Å²) in [6, 6.07) is 5.86. The van der Waals surface area contributed by atoms with Crippen LogP contribution in [-0.2, 0) is 16.1 Å². The first-order valence-electron chi connectivity index (χ1n) is 11.2. The van der Waals surface area contributed by atoms with Gasteiger partial charge in [-0.1, -0.05) is 6.07 Å². The van der Waals surface area contributed by atoms with Gasteiger partial charge in [0.25, 0.3) is 0 Å². The molecule has 30 heavy (non-hydrogen) atoms. The molecule has 1 aromatic carbocycles. The molecule has 164 valence electrons. The quantitative estimate of drug-likeness (QED) is 0.739. The van der Waals surface area contributed by atoms with Gasteiger partial charge in [-0.3, -0.25) is 14.5 Å². The van der Waals surface area contributed by atoms with E-state index in [1.165, 1.54) is 0 Å². The Bertz CT molecular complexity index is 784. The molecule has 2 atom stereocenters. The van der Waals surface area contributed by atoms with Gasteiger partial charge < -0.3 is 19.6 Å². The maximum absolute atomic E-state index is 12.6. The van der Waals surface area contributed by atoms with Gasteiger partial charge in [0.1, 0.15) is 0 Å². The van der Waals surface area contributed by atoms with Crippen molar-refractivity contribution < 1.29 is 19.4 Å². The highest BCUT2D eigenvalue weighted by Gasteiger charge is 2.39. The number of likely N-dealkylation sites (tertiary alicyclic amines) is 3. The molecule has 0 aromatic heterocycles. The number of amides is 2. The van der Waals surface area contributed by atoms with E-state index in [1.807, 2.05) is 17.0 Å². The highest BCUT2D eigenvalue weighted by atomic mass is 16.5. The first kappa shape index (κ1) is 21.0. The zero-order chi connectivity index (χ0) is 21.1. The Kier molecular flexibility index (Phi) is 6.46. The van der Waals surface area contributed by atoms with Gasteiger partial charge in [-0.2, -0.15) is 0 Å². The van der Waals surface area contributed by atoms with E-state index in [4.69, 9.17) is 4.74 Å². The minimum absolute atomic E-state index is 0.164. The van der Waals surface area contributed by atoms with Crippen LogP contribution in [0.25, 0.3) is 0 Å². The zero-order valence-corrected chi connectivity index (χ0v) is 17.9. The summed E-state index contributed by atoms with van der Waals surface area (Å²) < 4.78 is 5.23. The zero-order valence-electron chi connectivity index (χ0n) is 17.9. The van der Waals surface area contributed by atoms with Crippen molar-refractivity contribution in [3.8, 4) is 11.5 Å². The largest absolute Gasteiger partial charge is 0.504 e. The average Bonchev–Trinajstić information content (AvgIpc) is 3.15. The summed E-state index contributed by atoms with van der Waals surface area (Å²) in [6.07, 6.45) is 5.10. The number of carbonyl (C=O) groups excluding carboxylic acids is 2. The maximum atomic E-state index is 12.6. The summed E-state index contributed by atoms with van der Waals surface area (Å²) in [5, 5.41) is 9.81. The summed E-state index contributed by atoms with van der Waals surface area (Å²) in [5.74, 6) is 1.71. The fraction of sp³-hybridized carbons (Fsp3) is 0.652. The second kappa shape index (κ2) is 9.25. The number of phenolic OH excluding ortho intramolecular Hbond substituents is 1. The molecule has 4 rings (SSSR count). The van der Waals surface area contributed by atoms with E-state index in [2.05, 4.69) is 9.80 Å².